The summed E-state index contributed by atoms with van der Waals surface area (Å²) in [5, 5.41) is 0. The van der Waals surface area contributed by atoms with Crippen molar-refractivity contribution in [1.29, 1.82) is 0 Å². The van der Waals surface area contributed by atoms with Crippen LogP contribution in [0.3, 0.4) is 0 Å². The van der Waals surface area contributed by atoms with Gasteiger partial charge in [-0.15, -0.1) is 0 Å². The number of hydrogen-bond donors (Lipinski definition) is 0. The van der Waals surface area contributed by atoms with Crippen molar-refractivity contribution in [2.75, 3.05) is 6.61 Å². The molecule has 19 heavy (non-hydrogen) atoms. The SMILES string of the molecule is C/C=C\CC(C)c1c(C)cc(OCCC)c(C)c1C. The Kier molecular flexibility index (Phi) is 6.14. The van der Waals surface area contributed by atoms with Gasteiger partial charge >= 0.3 is 0 Å². The first kappa shape index (κ1) is 15.8. The Labute approximate surface area is 118 Å². The number of allylic oxidation sites excluding steroid dienone is 2. The summed E-state index contributed by atoms with van der Waals surface area (Å²) in [6, 6.07) is 2.21. The molecule has 1 heteroatoms. The normalized spacial score (nSPS) is 12.9. The lowest BCUT2D eigenvalue weighted by atomic mass is 9.87. The van der Waals surface area contributed by atoms with Crippen molar-refractivity contribution in [2.24, 2.45) is 0 Å². The fourth-order valence-electron chi connectivity index (χ4n) is 2.64. The van der Waals surface area contributed by atoms with E-state index in [2.05, 4.69) is 59.8 Å². The molecule has 1 atom stereocenters. The zero-order valence-corrected chi connectivity index (χ0v) is 13.3. The molecule has 1 unspecified atom stereocenters. The molecule has 0 aliphatic carbocycles. The molecular formula is C18H28O. The van der Waals surface area contributed by atoms with Gasteiger partial charge in [-0.2, -0.15) is 0 Å². The molecule has 0 aromatic heterocycles. The van der Waals surface area contributed by atoms with Crippen LogP contribution < -0.4 is 4.74 Å². The Morgan fingerprint density at radius 2 is 1.89 bits per heavy atom. The van der Waals surface area contributed by atoms with Gasteiger partial charge in [0.2, 0.25) is 0 Å². The van der Waals surface area contributed by atoms with Crippen LogP contribution in [0, 0.1) is 20.8 Å². The van der Waals surface area contributed by atoms with Gasteiger partial charge in [0.05, 0.1) is 6.61 Å². The van der Waals surface area contributed by atoms with Gasteiger partial charge in [0.15, 0.2) is 0 Å². The second kappa shape index (κ2) is 7.37. The third-order valence-electron chi connectivity index (χ3n) is 3.79. The van der Waals surface area contributed by atoms with E-state index in [-0.39, 0.29) is 0 Å². The molecule has 0 saturated heterocycles. The molecule has 106 valence electrons. The van der Waals surface area contributed by atoms with E-state index in [0.29, 0.717) is 5.92 Å². The third kappa shape index (κ3) is 3.86. The topological polar surface area (TPSA) is 9.23 Å². The fraction of sp³-hybridized carbons (Fsp3) is 0.556. The van der Waals surface area contributed by atoms with E-state index in [1.165, 1.54) is 22.3 Å². The molecule has 0 fully saturated rings. The summed E-state index contributed by atoms with van der Waals surface area (Å²) in [5.41, 5.74) is 5.52. The molecule has 0 aliphatic heterocycles. The zero-order valence-electron chi connectivity index (χ0n) is 13.3. The average Bonchev–Trinajstić information content (AvgIpc) is 2.39. The maximum absolute atomic E-state index is 5.85. The highest BCUT2D eigenvalue weighted by Crippen LogP contribution is 2.33. The molecule has 0 radical (unpaired) electrons. The van der Waals surface area contributed by atoms with Gasteiger partial charge in [-0.05, 0) is 74.8 Å². The van der Waals surface area contributed by atoms with E-state index in [1.54, 1.807) is 0 Å². The number of hydrogen-bond acceptors (Lipinski definition) is 1. The van der Waals surface area contributed by atoms with Gasteiger partial charge < -0.3 is 4.74 Å². The first-order valence-electron chi connectivity index (χ1n) is 7.37. The highest BCUT2D eigenvalue weighted by Gasteiger charge is 2.15. The van der Waals surface area contributed by atoms with Crippen LogP contribution in [0.25, 0.3) is 0 Å². The second-order valence-corrected chi connectivity index (χ2v) is 5.41. The minimum absolute atomic E-state index is 0.565. The molecular weight excluding hydrogens is 232 g/mol. The molecule has 1 aromatic carbocycles. The molecule has 0 aliphatic rings. The van der Waals surface area contributed by atoms with E-state index in [4.69, 9.17) is 4.74 Å². The standard InChI is InChI=1S/C18H28O/c1-7-9-10-13(3)18-14(4)12-17(19-11-8-2)15(5)16(18)6/h7,9,12-13H,8,10-11H2,1-6H3/b9-7-. The highest BCUT2D eigenvalue weighted by atomic mass is 16.5. The van der Waals surface area contributed by atoms with Crippen LogP contribution in [0.2, 0.25) is 0 Å². The van der Waals surface area contributed by atoms with Crippen molar-refractivity contribution in [3.63, 3.8) is 0 Å². The second-order valence-electron chi connectivity index (χ2n) is 5.41. The van der Waals surface area contributed by atoms with Gasteiger partial charge in [-0.25, -0.2) is 0 Å². The van der Waals surface area contributed by atoms with Crippen molar-refractivity contribution >= 4 is 0 Å². The molecule has 0 amide bonds. The predicted octanol–water partition coefficient (Wildman–Crippen LogP) is 5.47. The van der Waals surface area contributed by atoms with Gasteiger partial charge in [0.25, 0.3) is 0 Å². The number of aryl methyl sites for hydroxylation is 1. The highest BCUT2D eigenvalue weighted by molar-refractivity contribution is 5.49. The van der Waals surface area contributed by atoms with E-state index < -0.39 is 0 Å². The maximum Gasteiger partial charge on any atom is 0.122 e. The molecule has 0 N–H and O–H groups in total. The number of rotatable bonds is 6. The molecule has 0 saturated carbocycles. The Balaban J connectivity index is 3.10. The van der Waals surface area contributed by atoms with Crippen molar-refractivity contribution in [1.82, 2.24) is 0 Å². The van der Waals surface area contributed by atoms with Gasteiger partial charge in [-0.3, -0.25) is 0 Å². The summed E-state index contributed by atoms with van der Waals surface area (Å²) in [7, 11) is 0. The Hall–Kier alpha value is -1.24. The van der Waals surface area contributed by atoms with Crippen molar-refractivity contribution in [2.45, 2.75) is 60.3 Å². The van der Waals surface area contributed by atoms with Crippen LogP contribution >= 0.6 is 0 Å². The summed E-state index contributed by atoms with van der Waals surface area (Å²) in [6.07, 6.45) is 6.54. The first-order valence-corrected chi connectivity index (χ1v) is 7.37. The van der Waals surface area contributed by atoms with Crippen LogP contribution in [0.4, 0.5) is 0 Å². The van der Waals surface area contributed by atoms with Crippen LogP contribution in [0.1, 0.15) is 61.8 Å². The lowest BCUT2D eigenvalue weighted by Gasteiger charge is -2.21. The summed E-state index contributed by atoms with van der Waals surface area (Å²) in [6.45, 7) is 13.9. The van der Waals surface area contributed by atoms with Crippen molar-refractivity contribution < 1.29 is 4.74 Å². The minimum Gasteiger partial charge on any atom is -0.493 e. The van der Waals surface area contributed by atoms with Crippen LogP contribution in [0.5, 0.6) is 5.75 Å². The summed E-state index contributed by atoms with van der Waals surface area (Å²) in [4.78, 5) is 0. The lowest BCUT2D eigenvalue weighted by Crippen LogP contribution is -2.05. The van der Waals surface area contributed by atoms with Crippen LogP contribution in [0.15, 0.2) is 18.2 Å². The molecule has 0 spiro atoms. The van der Waals surface area contributed by atoms with Crippen LogP contribution in [-0.4, -0.2) is 6.61 Å². The smallest absolute Gasteiger partial charge is 0.122 e. The third-order valence-corrected chi connectivity index (χ3v) is 3.79. The van der Waals surface area contributed by atoms with E-state index in [1.807, 2.05) is 0 Å². The van der Waals surface area contributed by atoms with Crippen LogP contribution in [-0.2, 0) is 0 Å². The largest absolute Gasteiger partial charge is 0.493 e. The monoisotopic (exact) mass is 260 g/mol. The van der Waals surface area contributed by atoms with E-state index >= 15 is 0 Å². The molecule has 0 bridgehead atoms. The Morgan fingerprint density at radius 3 is 2.47 bits per heavy atom. The quantitative estimate of drug-likeness (QED) is 0.616. The number of ether oxygens (including phenoxy) is 1. The summed E-state index contributed by atoms with van der Waals surface area (Å²) in [5.74, 6) is 1.62. The van der Waals surface area contributed by atoms with Gasteiger partial charge in [0, 0.05) is 0 Å². The Bertz CT molecular complexity index is 443. The maximum atomic E-state index is 5.85. The van der Waals surface area contributed by atoms with Crippen molar-refractivity contribution in [3.8, 4) is 5.75 Å². The molecule has 1 nitrogen and oxygen atoms in total. The molecule has 1 aromatic rings. The van der Waals surface area contributed by atoms with Gasteiger partial charge in [0.1, 0.15) is 5.75 Å². The lowest BCUT2D eigenvalue weighted by molar-refractivity contribution is 0.314. The summed E-state index contributed by atoms with van der Waals surface area (Å²) >= 11 is 0. The zero-order chi connectivity index (χ0) is 14.4. The number of benzene rings is 1. The van der Waals surface area contributed by atoms with Gasteiger partial charge in [-0.1, -0.05) is 26.0 Å². The summed E-state index contributed by atoms with van der Waals surface area (Å²) < 4.78 is 5.85. The fourth-order valence-corrected chi connectivity index (χ4v) is 2.64. The van der Waals surface area contributed by atoms with E-state index in [9.17, 15) is 0 Å². The predicted molar refractivity (Wildman–Crippen MR) is 84.3 cm³/mol. The first-order chi connectivity index (χ1) is 9.02. The minimum atomic E-state index is 0.565. The van der Waals surface area contributed by atoms with Crippen molar-refractivity contribution in [3.05, 3.63) is 40.5 Å². The molecule has 1 rings (SSSR count). The van der Waals surface area contributed by atoms with E-state index in [0.717, 1.165) is 25.2 Å². The average molecular weight is 260 g/mol. The Morgan fingerprint density at radius 1 is 1.21 bits per heavy atom. The molecule has 0 heterocycles.